The second kappa shape index (κ2) is 15.0. The smallest absolute Gasteiger partial charge is 0.254 e. The summed E-state index contributed by atoms with van der Waals surface area (Å²) in [6.07, 6.45) is 10.9. The molecule has 4 rings (SSSR count). The number of amides is 1. The second-order valence-corrected chi connectivity index (χ2v) is 12.6. The van der Waals surface area contributed by atoms with Crippen molar-refractivity contribution in [1.29, 1.82) is 0 Å². The van der Waals surface area contributed by atoms with Crippen molar-refractivity contribution in [3.63, 3.8) is 0 Å². The number of hydrogen-bond donors (Lipinski definition) is 0. The van der Waals surface area contributed by atoms with Crippen LogP contribution in [0.3, 0.4) is 0 Å². The first-order valence-electron chi connectivity index (χ1n) is 14.5. The number of fused-ring (bicyclic) bond motifs is 2. The molecule has 2 bridgehead atoms. The van der Waals surface area contributed by atoms with Gasteiger partial charge < -0.3 is 22.9 Å². The number of hydrogen-bond acceptors (Lipinski definition) is 6. The standard InChI is InChI=1S/C32H42ClN2O4S/c1-4-8-24-16-17-35-21-27-12-14-28(33)19-25(27)10-5-6-18-39-31-15-13-26(20-29(31)35)32(36)34-40(37)22-23(2)9-7-11-30(24)38-3/h7,11-15,19-20,23-24,30H,4-6,8-10,16-18,21-22H2,1-3H3/q-1/b11-7+/t23-,24+,30-/m0/s1. The fourth-order valence-electron chi connectivity index (χ4n) is 5.62. The van der Waals surface area contributed by atoms with E-state index < -0.39 is 16.5 Å². The van der Waals surface area contributed by atoms with Gasteiger partial charge in [0.2, 0.25) is 0 Å². The number of anilines is 1. The van der Waals surface area contributed by atoms with Gasteiger partial charge in [0.15, 0.2) is 0 Å². The van der Waals surface area contributed by atoms with Crippen molar-refractivity contribution in [2.45, 2.75) is 71.4 Å². The third kappa shape index (κ3) is 8.34. The number of allylic oxidation sites excluding steroid dienone is 1. The Labute approximate surface area is 246 Å². The molecule has 0 aromatic heterocycles. The van der Waals surface area contributed by atoms with Crippen LogP contribution in [0.5, 0.6) is 5.75 Å². The number of benzene rings is 2. The molecule has 0 saturated heterocycles. The molecular formula is C32H42ClN2O4S-. The van der Waals surface area contributed by atoms with Crippen molar-refractivity contribution >= 4 is 33.8 Å². The number of aryl methyl sites for hydroxylation is 1. The number of carbonyl (C=O) groups is 1. The van der Waals surface area contributed by atoms with Crippen LogP contribution in [0.15, 0.2) is 52.9 Å². The summed E-state index contributed by atoms with van der Waals surface area (Å²) >= 11 is 6.40. The molecule has 40 heavy (non-hydrogen) atoms. The molecule has 0 fully saturated rings. The second-order valence-electron chi connectivity index (χ2n) is 11.0. The maximum atomic E-state index is 13.1. The molecule has 0 unspecified atom stereocenters. The van der Waals surface area contributed by atoms with Gasteiger partial charge in [0.25, 0.3) is 5.91 Å². The third-order valence-electron chi connectivity index (χ3n) is 7.82. The Balaban J connectivity index is 1.82. The van der Waals surface area contributed by atoms with E-state index >= 15 is 0 Å². The summed E-state index contributed by atoms with van der Waals surface area (Å²) in [5.74, 6) is 1.09. The molecule has 218 valence electrons. The molecule has 0 saturated carbocycles. The molecular weight excluding hydrogens is 544 g/mol. The molecule has 2 aliphatic heterocycles. The van der Waals surface area contributed by atoms with Gasteiger partial charge in [-0.3, -0.25) is 4.79 Å². The van der Waals surface area contributed by atoms with Crippen molar-refractivity contribution < 1.29 is 18.5 Å². The lowest BCUT2D eigenvalue weighted by Gasteiger charge is -2.31. The maximum absolute atomic E-state index is 13.1. The van der Waals surface area contributed by atoms with E-state index in [1.54, 1.807) is 13.2 Å². The summed E-state index contributed by atoms with van der Waals surface area (Å²) < 4.78 is 29.1. The number of rotatable bonds is 3. The van der Waals surface area contributed by atoms with Crippen molar-refractivity contribution in [2.75, 3.05) is 30.9 Å². The monoisotopic (exact) mass is 585 g/mol. The molecule has 0 spiro atoms. The van der Waals surface area contributed by atoms with E-state index in [2.05, 4.69) is 40.5 Å². The number of halogens is 1. The topological polar surface area (TPSA) is 68.2 Å². The third-order valence-corrected chi connectivity index (χ3v) is 9.27. The highest BCUT2D eigenvalue weighted by Crippen LogP contribution is 2.34. The van der Waals surface area contributed by atoms with Gasteiger partial charge in [-0.05, 0) is 85.9 Å². The molecule has 0 radical (unpaired) electrons. The Kier molecular flexibility index (Phi) is 11.5. The van der Waals surface area contributed by atoms with Gasteiger partial charge in [0.1, 0.15) is 5.75 Å². The lowest BCUT2D eigenvalue weighted by Crippen LogP contribution is -2.30. The van der Waals surface area contributed by atoms with E-state index in [0.29, 0.717) is 30.4 Å². The zero-order valence-electron chi connectivity index (χ0n) is 23.9. The SMILES string of the molecule is CCC[C@@H]1CCN2Cc3ccc(Cl)cc3CCCCOc3ccc(cc32)C(=O)N=[S-](=O)C[C@@H](C)C/C=C/[C@@H]1OC. The zero-order valence-corrected chi connectivity index (χ0v) is 25.5. The highest BCUT2D eigenvalue weighted by molar-refractivity contribution is 7.75. The first-order chi connectivity index (χ1) is 19.4. The van der Waals surface area contributed by atoms with Crippen LogP contribution < -0.4 is 9.64 Å². The molecule has 0 N–H and O–H groups in total. The van der Waals surface area contributed by atoms with Crippen LogP contribution in [-0.4, -0.2) is 38.0 Å². The maximum Gasteiger partial charge on any atom is 0.254 e. The molecule has 8 heteroatoms. The van der Waals surface area contributed by atoms with E-state index in [0.717, 1.165) is 68.0 Å². The van der Waals surface area contributed by atoms with Crippen LogP contribution >= 0.6 is 11.6 Å². The summed E-state index contributed by atoms with van der Waals surface area (Å²) in [6.45, 7) is 6.26. The largest absolute Gasteiger partial charge is 0.491 e. The number of ether oxygens (including phenoxy) is 2. The first-order valence-corrected chi connectivity index (χ1v) is 16.2. The van der Waals surface area contributed by atoms with Crippen molar-refractivity contribution in [2.24, 2.45) is 16.2 Å². The van der Waals surface area contributed by atoms with Gasteiger partial charge in [-0.2, -0.15) is 10.6 Å². The van der Waals surface area contributed by atoms with E-state index in [-0.39, 0.29) is 12.0 Å². The Morgan fingerprint density at radius 2 is 2.02 bits per heavy atom. The van der Waals surface area contributed by atoms with Gasteiger partial charge in [-0.15, -0.1) is 0 Å². The van der Waals surface area contributed by atoms with Gasteiger partial charge in [0, 0.05) is 30.8 Å². The first kappa shape index (κ1) is 30.6. The minimum absolute atomic E-state index is 0.00565. The van der Waals surface area contributed by atoms with Crippen molar-refractivity contribution in [1.82, 2.24) is 0 Å². The van der Waals surface area contributed by atoms with E-state index in [1.807, 2.05) is 25.1 Å². The summed E-state index contributed by atoms with van der Waals surface area (Å²) in [4.78, 5) is 15.4. The molecule has 2 heterocycles. The Morgan fingerprint density at radius 3 is 2.83 bits per heavy atom. The lowest BCUT2D eigenvalue weighted by molar-refractivity contribution is 0.0816. The zero-order chi connectivity index (χ0) is 28.5. The number of carbonyl (C=O) groups excluding carboxylic acids is 1. The Morgan fingerprint density at radius 1 is 1.18 bits per heavy atom. The minimum Gasteiger partial charge on any atom is -0.491 e. The molecule has 0 aliphatic carbocycles. The van der Waals surface area contributed by atoms with Gasteiger partial charge >= 0.3 is 0 Å². The van der Waals surface area contributed by atoms with Gasteiger partial charge in [-0.1, -0.05) is 61.8 Å². The highest BCUT2D eigenvalue weighted by atomic mass is 35.5. The lowest BCUT2D eigenvalue weighted by atomic mass is 9.92. The van der Waals surface area contributed by atoms with Crippen LogP contribution in [0, 0.1) is 11.8 Å². The van der Waals surface area contributed by atoms with Crippen molar-refractivity contribution in [3.05, 3.63) is 70.3 Å². The summed E-state index contributed by atoms with van der Waals surface area (Å²) in [6, 6.07) is 11.6. The van der Waals surface area contributed by atoms with E-state index in [1.165, 1.54) is 11.1 Å². The molecule has 2 aromatic rings. The van der Waals surface area contributed by atoms with E-state index in [4.69, 9.17) is 21.1 Å². The fraction of sp³-hybridized carbons (Fsp3) is 0.531. The van der Waals surface area contributed by atoms with E-state index in [9.17, 15) is 9.00 Å². The predicted octanol–water partition coefficient (Wildman–Crippen LogP) is 7.77. The fourth-order valence-corrected chi connectivity index (χ4v) is 6.81. The Hall–Kier alpha value is -2.35. The van der Waals surface area contributed by atoms with Crippen LogP contribution in [-0.2, 0) is 32.5 Å². The summed E-state index contributed by atoms with van der Waals surface area (Å²) in [5, 5.41) is 0.743. The van der Waals surface area contributed by atoms with Crippen LogP contribution in [0.4, 0.5) is 5.69 Å². The van der Waals surface area contributed by atoms with Gasteiger partial charge in [0.05, 0.1) is 18.4 Å². The summed E-state index contributed by atoms with van der Waals surface area (Å²) in [5.41, 5.74) is 3.75. The van der Waals surface area contributed by atoms with Crippen LogP contribution in [0.1, 0.15) is 73.9 Å². The highest BCUT2D eigenvalue weighted by Gasteiger charge is 2.23. The minimum atomic E-state index is -1.60. The molecule has 2 aliphatic rings. The predicted molar refractivity (Wildman–Crippen MR) is 164 cm³/mol. The summed E-state index contributed by atoms with van der Waals surface area (Å²) in [7, 11) is 0.182. The average Bonchev–Trinajstić information content (AvgIpc) is 2.96. The number of methoxy groups -OCH3 is 1. The van der Waals surface area contributed by atoms with Gasteiger partial charge in [-0.25, -0.2) is 0 Å². The molecule has 1 amide bonds. The number of nitrogens with zero attached hydrogens (tertiary/aromatic N) is 2. The quantitative estimate of drug-likeness (QED) is 0.272. The molecule has 2 aromatic carbocycles. The normalized spacial score (nSPS) is 24.2. The Bertz CT molecular complexity index is 1270. The molecule has 6 nitrogen and oxygen atoms in total. The molecule has 3 atom stereocenters. The average molecular weight is 586 g/mol. The van der Waals surface area contributed by atoms with Crippen LogP contribution in [0.2, 0.25) is 5.02 Å². The van der Waals surface area contributed by atoms with Crippen LogP contribution in [0.25, 0.3) is 0 Å². The van der Waals surface area contributed by atoms with Crippen molar-refractivity contribution in [3.8, 4) is 5.75 Å².